The van der Waals surface area contributed by atoms with Gasteiger partial charge in [-0.2, -0.15) is 0 Å². The summed E-state index contributed by atoms with van der Waals surface area (Å²) in [6.45, 7) is 6.07. The second-order valence-electron chi connectivity index (χ2n) is 5.91. The molecule has 0 aromatic rings. The van der Waals surface area contributed by atoms with Crippen LogP contribution in [0.1, 0.15) is 84.0 Å². The van der Waals surface area contributed by atoms with Crippen molar-refractivity contribution in [3.05, 3.63) is 12.7 Å². The molecule has 0 unspecified atom stereocenters. The van der Waals surface area contributed by atoms with Crippen LogP contribution in [0.15, 0.2) is 12.7 Å². The van der Waals surface area contributed by atoms with Crippen molar-refractivity contribution in [2.45, 2.75) is 96.1 Å². The molecule has 1 N–H and O–H groups in total. The van der Waals surface area contributed by atoms with E-state index in [1.165, 1.54) is 77.0 Å². The van der Waals surface area contributed by atoms with Crippen molar-refractivity contribution in [1.82, 2.24) is 5.32 Å². The van der Waals surface area contributed by atoms with Crippen LogP contribution in [0.3, 0.4) is 0 Å². The number of unbranched alkanes of at least 4 members (excludes halogenated alkanes) is 6. The maximum Gasteiger partial charge on any atom is 0.00702 e. The summed E-state index contributed by atoms with van der Waals surface area (Å²) in [5.74, 6) is 0. The van der Waals surface area contributed by atoms with Gasteiger partial charge < -0.3 is 5.32 Å². The topological polar surface area (TPSA) is 12.0 Å². The maximum absolute atomic E-state index is 3.83. The second-order valence-corrected chi connectivity index (χ2v) is 5.91. The van der Waals surface area contributed by atoms with Crippen molar-refractivity contribution in [2.24, 2.45) is 0 Å². The Labute approximate surface area is 114 Å². The van der Waals surface area contributed by atoms with Crippen LogP contribution in [-0.2, 0) is 0 Å². The zero-order valence-corrected chi connectivity index (χ0v) is 12.4. The standard InChI is InChI=1S/C17H33N/c1-3-5-7-9-11-13-17-15-14-16(18-17)12-10-8-6-4-2/h4,16-18H,2-3,5-15H2,1H3/t16-,17-/m0/s1. The van der Waals surface area contributed by atoms with Crippen molar-refractivity contribution >= 4 is 0 Å². The summed E-state index contributed by atoms with van der Waals surface area (Å²) in [7, 11) is 0. The van der Waals surface area contributed by atoms with E-state index in [0.29, 0.717) is 0 Å². The average molecular weight is 251 g/mol. The fourth-order valence-corrected chi connectivity index (χ4v) is 3.03. The van der Waals surface area contributed by atoms with Crippen LogP contribution in [0.2, 0.25) is 0 Å². The molecule has 1 heterocycles. The molecule has 1 nitrogen and oxygen atoms in total. The van der Waals surface area contributed by atoms with Crippen molar-refractivity contribution in [2.75, 3.05) is 0 Å². The molecule has 106 valence electrons. The zero-order chi connectivity index (χ0) is 13.1. The third kappa shape index (κ3) is 7.20. The predicted molar refractivity (Wildman–Crippen MR) is 82.0 cm³/mol. The van der Waals surface area contributed by atoms with Gasteiger partial charge in [-0.15, -0.1) is 6.58 Å². The minimum atomic E-state index is 0.815. The SMILES string of the molecule is C=CCCCC[C@H]1CC[C@H](CCCCCCC)N1. The first-order valence-electron chi connectivity index (χ1n) is 8.23. The largest absolute Gasteiger partial charge is 0.311 e. The van der Waals surface area contributed by atoms with Gasteiger partial charge in [0, 0.05) is 12.1 Å². The first-order valence-corrected chi connectivity index (χ1v) is 8.23. The molecule has 1 heteroatoms. The highest BCUT2D eigenvalue weighted by atomic mass is 15.0. The summed E-state index contributed by atoms with van der Waals surface area (Å²) in [5, 5.41) is 3.83. The summed E-state index contributed by atoms with van der Waals surface area (Å²) in [5.41, 5.74) is 0. The van der Waals surface area contributed by atoms with Gasteiger partial charge in [-0.05, 0) is 38.5 Å². The summed E-state index contributed by atoms with van der Waals surface area (Å²) < 4.78 is 0. The Hall–Kier alpha value is -0.300. The lowest BCUT2D eigenvalue weighted by Gasteiger charge is -2.14. The molecule has 0 aromatic carbocycles. The first kappa shape index (κ1) is 15.8. The monoisotopic (exact) mass is 251 g/mol. The summed E-state index contributed by atoms with van der Waals surface area (Å²) >= 11 is 0. The molecule has 0 spiro atoms. The van der Waals surface area contributed by atoms with Gasteiger partial charge in [0.15, 0.2) is 0 Å². The third-order valence-corrected chi connectivity index (χ3v) is 4.20. The van der Waals surface area contributed by atoms with E-state index in [-0.39, 0.29) is 0 Å². The predicted octanol–water partition coefficient (Wildman–Crippen LogP) is 5.21. The lowest BCUT2D eigenvalue weighted by Crippen LogP contribution is -2.29. The molecule has 1 aliphatic heterocycles. The van der Waals surface area contributed by atoms with Gasteiger partial charge in [0.25, 0.3) is 0 Å². The van der Waals surface area contributed by atoms with Gasteiger partial charge in [0.1, 0.15) is 0 Å². The molecule has 1 aliphatic rings. The molecular weight excluding hydrogens is 218 g/mol. The van der Waals surface area contributed by atoms with Crippen molar-refractivity contribution in [3.63, 3.8) is 0 Å². The molecule has 0 amide bonds. The number of hydrogen-bond acceptors (Lipinski definition) is 1. The minimum Gasteiger partial charge on any atom is -0.311 e. The Morgan fingerprint density at radius 1 is 0.944 bits per heavy atom. The van der Waals surface area contributed by atoms with E-state index in [0.717, 1.165) is 12.1 Å². The highest BCUT2D eigenvalue weighted by molar-refractivity contribution is 4.83. The van der Waals surface area contributed by atoms with Crippen LogP contribution in [0.25, 0.3) is 0 Å². The van der Waals surface area contributed by atoms with Gasteiger partial charge in [-0.1, -0.05) is 51.5 Å². The average Bonchev–Trinajstić information content (AvgIpc) is 2.82. The van der Waals surface area contributed by atoms with Crippen LogP contribution in [0.5, 0.6) is 0 Å². The molecule has 0 saturated carbocycles. The normalized spacial score (nSPS) is 23.4. The molecule has 1 saturated heterocycles. The van der Waals surface area contributed by atoms with Crippen LogP contribution >= 0.6 is 0 Å². The van der Waals surface area contributed by atoms with Crippen LogP contribution in [-0.4, -0.2) is 12.1 Å². The molecule has 2 atom stereocenters. The molecule has 1 fully saturated rings. The van der Waals surface area contributed by atoms with Crippen LogP contribution < -0.4 is 5.32 Å². The van der Waals surface area contributed by atoms with Crippen molar-refractivity contribution < 1.29 is 0 Å². The Morgan fingerprint density at radius 2 is 1.56 bits per heavy atom. The van der Waals surface area contributed by atoms with Gasteiger partial charge >= 0.3 is 0 Å². The number of hydrogen-bond donors (Lipinski definition) is 1. The van der Waals surface area contributed by atoms with E-state index in [4.69, 9.17) is 0 Å². The van der Waals surface area contributed by atoms with Crippen LogP contribution in [0.4, 0.5) is 0 Å². The molecule has 0 aromatic heterocycles. The van der Waals surface area contributed by atoms with Crippen molar-refractivity contribution in [1.29, 1.82) is 0 Å². The third-order valence-electron chi connectivity index (χ3n) is 4.20. The van der Waals surface area contributed by atoms with Gasteiger partial charge in [0.2, 0.25) is 0 Å². The number of allylic oxidation sites excluding steroid dienone is 1. The molecule has 0 bridgehead atoms. The van der Waals surface area contributed by atoms with Crippen molar-refractivity contribution in [3.8, 4) is 0 Å². The molecular formula is C17H33N. The molecule has 18 heavy (non-hydrogen) atoms. The zero-order valence-electron chi connectivity index (χ0n) is 12.4. The van der Waals surface area contributed by atoms with Gasteiger partial charge in [0.05, 0.1) is 0 Å². The van der Waals surface area contributed by atoms with E-state index in [9.17, 15) is 0 Å². The second kappa shape index (κ2) is 10.6. The van der Waals surface area contributed by atoms with Crippen LogP contribution in [0, 0.1) is 0 Å². The minimum absolute atomic E-state index is 0.815. The number of nitrogens with one attached hydrogen (secondary N) is 1. The lowest BCUT2D eigenvalue weighted by atomic mass is 10.0. The summed E-state index contributed by atoms with van der Waals surface area (Å²) in [4.78, 5) is 0. The fourth-order valence-electron chi connectivity index (χ4n) is 3.03. The number of rotatable bonds is 11. The van der Waals surface area contributed by atoms with E-state index >= 15 is 0 Å². The van der Waals surface area contributed by atoms with Gasteiger partial charge in [-0.25, -0.2) is 0 Å². The summed E-state index contributed by atoms with van der Waals surface area (Å²) in [6, 6.07) is 1.64. The maximum atomic E-state index is 3.83. The fraction of sp³-hybridized carbons (Fsp3) is 0.882. The Kier molecular flexibility index (Phi) is 9.28. The molecule has 0 aliphatic carbocycles. The van der Waals surface area contributed by atoms with E-state index < -0.39 is 0 Å². The highest BCUT2D eigenvalue weighted by Gasteiger charge is 2.22. The lowest BCUT2D eigenvalue weighted by molar-refractivity contribution is 0.459. The molecule has 1 rings (SSSR count). The quantitative estimate of drug-likeness (QED) is 0.392. The Morgan fingerprint density at radius 3 is 2.17 bits per heavy atom. The smallest absolute Gasteiger partial charge is 0.00702 e. The highest BCUT2D eigenvalue weighted by Crippen LogP contribution is 2.21. The van der Waals surface area contributed by atoms with E-state index in [1.54, 1.807) is 0 Å². The first-order chi connectivity index (χ1) is 8.86. The van der Waals surface area contributed by atoms with E-state index in [1.807, 2.05) is 6.08 Å². The van der Waals surface area contributed by atoms with Gasteiger partial charge in [-0.3, -0.25) is 0 Å². The molecule has 0 radical (unpaired) electrons. The summed E-state index contributed by atoms with van der Waals surface area (Å²) in [6.07, 6.45) is 18.6. The Bertz CT molecular complexity index is 200. The van der Waals surface area contributed by atoms with E-state index in [2.05, 4.69) is 18.8 Å². The Balaban J connectivity index is 1.94.